The highest BCUT2D eigenvalue weighted by Crippen LogP contribution is 2.01. The SMILES string of the molecule is CC(C)CNC(=O)CN1CCN(CCCN)CC1. The summed E-state index contributed by atoms with van der Waals surface area (Å²) in [6.45, 7) is 11.5. The van der Waals surface area contributed by atoms with Gasteiger partial charge in [-0.05, 0) is 25.4 Å². The van der Waals surface area contributed by atoms with Crippen molar-refractivity contribution in [1.82, 2.24) is 15.1 Å². The molecule has 106 valence electrons. The number of nitrogens with one attached hydrogen (secondary N) is 1. The lowest BCUT2D eigenvalue weighted by Gasteiger charge is -2.34. The molecule has 0 aromatic carbocycles. The van der Waals surface area contributed by atoms with E-state index in [1.165, 1.54) is 0 Å². The Morgan fingerprint density at radius 1 is 1.22 bits per heavy atom. The van der Waals surface area contributed by atoms with Gasteiger partial charge in [0.2, 0.25) is 5.91 Å². The third-order valence-electron chi connectivity index (χ3n) is 3.22. The minimum Gasteiger partial charge on any atom is -0.355 e. The van der Waals surface area contributed by atoms with Gasteiger partial charge in [0, 0.05) is 32.7 Å². The highest BCUT2D eigenvalue weighted by molar-refractivity contribution is 5.78. The summed E-state index contributed by atoms with van der Waals surface area (Å²) < 4.78 is 0. The van der Waals surface area contributed by atoms with Crippen LogP contribution in [0.25, 0.3) is 0 Å². The van der Waals surface area contributed by atoms with E-state index in [-0.39, 0.29) is 5.91 Å². The largest absolute Gasteiger partial charge is 0.355 e. The lowest BCUT2D eigenvalue weighted by Crippen LogP contribution is -2.49. The first-order valence-electron chi connectivity index (χ1n) is 7.03. The Morgan fingerprint density at radius 3 is 2.39 bits per heavy atom. The standard InChI is InChI=1S/C13H28N4O/c1-12(2)10-15-13(18)11-17-8-6-16(7-9-17)5-3-4-14/h12H,3-11,14H2,1-2H3,(H,15,18). The highest BCUT2D eigenvalue weighted by atomic mass is 16.2. The van der Waals surface area contributed by atoms with Gasteiger partial charge in [-0.1, -0.05) is 13.8 Å². The van der Waals surface area contributed by atoms with Gasteiger partial charge in [-0.3, -0.25) is 9.69 Å². The second-order valence-corrected chi connectivity index (χ2v) is 5.46. The highest BCUT2D eigenvalue weighted by Gasteiger charge is 2.18. The van der Waals surface area contributed by atoms with Crippen LogP contribution in [-0.2, 0) is 4.79 Å². The van der Waals surface area contributed by atoms with Crippen molar-refractivity contribution in [2.45, 2.75) is 20.3 Å². The van der Waals surface area contributed by atoms with E-state index in [0.29, 0.717) is 12.5 Å². The molecule has 0 radical (unpaired) electrons. The van der Waals surface area contributed by atoms with E-state index in [9.17, 15) is 4.79 Å². The van der Waals surface area contributed by atoms with E-state index in [1.807, 2.05) is 0 Å². The van der Waals surface area contributed by atoms with Gasteiger partial charge in [0.25, 0.3) is 0 Å². The Kier molecular flexibility index (Phi) is 7.23. The molecule has 5 heteroatoms. The lowest BCUT2D eigenvalue weighted by atomic mass is 10.2. The van der Waals surface area contributed by atoms with Crippen molar-refractivity contribution in [3.8, 4) is 0 Å². The van der Waals surface area contributed by atoms with Crippen molar-refractivity contribution >= 4 is 5.91 Å². The van der Waals surface area contributed by atoms with Gasteiger partial charge < -0.3 is 16.0 Å². The van der Waals surface area contributed by atoms with E-state index in [2.05, 4.69) is 29.0 Å². The lowest BCUT2D eigenvalue weighted by molar-refractivity contribution is -0.122. The van der Waals surface area contributed by atoms with Gasteiger partial charge in [-0.25, -0.2) is 0 Å². The summed E-state index contributed by atoms with van der Waals surface area (Å²) in [6, 6.07) is 0. The van der Waals surface area contributed by atoms with E-state index < -0.39 is 0 Å². The zero-order valence-electron chi connectivity index (χ0n) is 11.8. The molecule has 0 atom stereocenters. The van der Waals surface area contributed by atoms with Crippen LogP contribution in [0.1, 0.15) is 20.3 Å². The molecule has 1 heterocycles. The van der Waals surface area contributed by atoms with Gasteiger partial charge >= 0.3 is 0 Å². The molecule has 1 aliphatic rings. The molecule has 1 saturated heterocycles. The maximum Gasteiger partial charge on any atom is 0.234 e. The van der Waals surface area contributed by atoms with Crippen LogP contribution in [0.2, 0.25) is 0 Å². The molecular formula is C13H28N4O. The summed E-state index contributed by atoms with van der Waals surface area (Å²) >= 11 is 0. The number of rotatable bonds is 7. The summed E-state index contributed by atoms with van der Waals surface area (Å²) in [4.78, 5) is 16.3. The number of carbonyl (C=O) groups is 1. The van der Waals surface area contributed by atoms with Gasteiger partial charge in [0.15, 0.2) is 0 Å². The van der Waals surface area contributed by atoms with Crippen molar-refractivity contribution in [1.29, 1.82) is 0 Å². The molecule has 0 spiro atoms. The maximum atomic E-state index is 11.7. The number of hydrogen-bond acceptors (Lipinski definition) is 4. The van der Waals surface area contributed by atoms with Crippen molar-refractivity contribution in [2.75, 3.05) is 52.4 Å². The van der Waals surface area contributed by atoms with Crippen LogP contribution in [-0.4, -0.2) is 68.1 Å². The minimum absolute atomic E-state index is 0.152. The Bertz CT molecular complexity index is 237. The molecule has 1 aliphatic heterocycles. The Balaban J connectivity index is 2.13. The van der Waals surface area contributed by atoms with Gasteiger partial charge in [0.05, 0.1) is 6.54 Å². The second kappa shape index (κ2) is 8.45. The number of nitrogens with two attached hydrogens (primary N) is 1. The normalized spacial score (nSPS) is 18.2. The van der Waals surface area contributed by atoms with E-state index >= 15 is 0 Å². The van der Waals surface area contributed by atoms with Crippen molar-refractivity contribution < 1.29 is 4.79 Å². The zero-order chi connectivity index (χ0) is 13.4. The molecule has 0 aliphatic carbocycles. The smallest absolute Gasteiger partial charge is 0.234 e. The number of nitrogens with zero attached hydrogens (tertiary/aromatic N) is 2. The molecule has 0 unspecified atom stereocenters. The fraction of sp³-hybridized carbons (Fsp3) is 0.923. The summed E-state index contributed by atoms with van der Waals surface area (Å²) in [5, 5.41) is 2.96. The first-order chi connectivity index (χ1) is 8.61. The van der Waals surface area contributed by atoms with Gasteiger partial charge in [0.1, 0.15) is 0 Å². The van der Waals surface area contributed by atoms with Crippen LogP contribution in [0.5, 0.6) is 0 Å². The number of piperazine rings is 1. The topological polar surface area (TPSA) is 61.6 Å². The monoisotopic (exact) mass is 256 g/mol. The molecule has 5 nitrogen and oxygen atoms in total. The Morgan fingerprint density at radius 2 is 1.83 bits per heavy atom. The van der Waals surface area contributed by atoms with Crippen LogP contribution in [0.3, 0.4) is 0 Å². The van der Waals surface area contributed by atoms with Gasteiger partial charge in [-0.2, -0.15) is 0 Å². The van der Waals surface area contributed by atoms with Crippen molar-refractivity contribution in [3.05, 3.63) is 0 Å². The number of amides is 1. The molecule has 0 saturated carbocycles. The summed E-state index contributed by atoms with van der Waals surface area (Å²) in [5.41, 5.74) is 5.51. The van der Waals surface area contributed by atoms with E-state index in [4.69, 9.17) is 5.73 Å². The first-order valence-corrected chi connectivity index (χ1v) is 7.03. The van der Waals surface area contributed by atoms with Gasteiger partial charge in [-0.15, -0.1) is 0 Å². The van der Waals surface area contributed by atoms with Crippen molar-refractivity contribution in [2.24, 2.45) is 11.7 Å². The summed E-state index contributed by atoms with van der Waals surface area (Å²) in [5.74, 6) is 0.668. The molecule has 1 amide bonds. The quantitative estimate of drug-likeness (QED) is 0.658. The number of hydrogen-bond donors (Lipinski definition) is 2. The molecule has 1 fully saturated rings. The van der Waals surface area contributed by atoms with Crippen LogP contribution < -0.4 is 11.1 Å². The van der Waals surface area contributed by atoms with Crippen LogP contribution in [0.4, 0.5) is 0 Å². The second-order valence-electron chi connectivity index (χ2n) is 5.46. The molecule has 3 N–H and O–H groups in total. The van der Waals surface area contributed by atoms with Crippen LogP contribution in [0.15, 0.2) is 0 Å². The fourth-order valence-electron chi connectivity index (χ4n) is 2.06. The molecule has 0 bridgehead atoms. The predicted molar refractivity (Wildman–Crippen MR) is 74.4 cm³/mol. The number of carbonyl (C=O) groups excluding carboxylic acids is 1. The molecule has 0 aromatic heterocycles. The summed E-state index contributed by atoms with van der Waals surface area (Å²) in [7, 11) is 0. The molecular weight excluding hydrogens is 228 g/mol. The Hall–Kier alpha value is -0.650. The molecule has 0 aromatic rings. The zero-order valence-corrected chi connectivity index (χ0v) is 11.8. The summed E-state index contributed by atoms with van der Waals surface area (Å²) in [6.07, 6.45) is 1.06. The average Bonchev–Trinajstić information content (AvgIpc) is 2.35. The van der Waals surface area contributed by atoms with Crippen LogP contribution in [0, 0.1) is 5.92 Å². The predicted octanol–water partition coefficient (Wildman–Crippen LogP) is -0.275. The third kappa shape index (κ3) is 6.33. The first kappa shape index (κ1) is 15.4. The fourth-order valence-corrected chi connectivity index (χ4v) is 2.06. The molecule has 1 rings (SSSR count). The van der Waals surface area contributed by atoms with E-state index in [0.717, 1.165) is 52.2 Å². The van der Waals surface area contributed by atoms with E-state index in [1.54, 1.807) is 0 Å². The average molecular weight is 256 g/mol. The minimum atomic E-state index is 0.152. The third-order valence-corrected chi connectivity index (χ3v) is 3.22. The Labute approximate surface area is 111 Å². The van der Waals surface area contributed by atoms with Crippen molar-refractivity contribution in [3.63, 3.8) is 0 Å². The maximum absolute atomic E-state index is 11.7. The van der Waals surface area contributed by atoms with Crippen LogP contribution >= 0.6 is 0 Å². The molecule has 18 heavy (non-hydrogen) atoms.